The fourth-order valence-corrected chi connectivity index (χ4v) is 2.19. The molecule has 0 heterocycles. The van der Waals surface area contributed by atoms with Gasteiger partial charge in [0.15, 0.2) is 0 Å². The van der Waals surface area contributed by atoms with E-state index in [4.69, 9.17) is 0 Å². The Morgan fingerprint density at radius 3 is 1.11 bits per heavy atom. The molecule has 0 N–H and O–H groups in total. The third-order valence-electron chi connectivity index (χ3n) is 3.59. The van der Waals surface area contributed by atoms with Crippen LogP contribution in [0.4, 0.5) is 0 Å². The van der Waals surface area contributed by atoms with Gasteiger partial charge in [-0.05, 0) is 5.92 Å². The Balaban J connectivity index is 0. The van der Waals surface area contributed by atoms with Crippen molar-refractivity contribution in [3.8, 4) is 0 Å². The standard InChI is InChI=1S/C11H24.C8H18/c1-4-5-6-7-8-9-10-11(2)3;1-3-5-7-8-6-4-2/h11H,4-10H2,1-3H3;3-8H2,1-2H3. The van der Waals surface area contributed by atoms with Gasteiger partial charge in [-0.3, -0.25) is 0 Å². The van der Waals surface area contributed by atoms with Crippen LogP contribution in [0.2, 0.25) is 0 Å². The molecule has 0 aromatic heterocycles. The molecule has 0 fully saturated rings. The second-order valence-electron chi connectivity index (χ2n) is 6.36. The number of rotatable bonds is 12. The summed E-state index contributed by atoms with van der Waals surface area (Å²) in [7, 11) is 0. The molecule has 19 heavy (non-hydrogen) atoms. The molecule has 0 aliphatic heterocycles. The van der Waals surface area contributed by atoms with E-state index in [-0.39, 0.29) is 0 Å². The van der Waals surface area contributed by atoms with Crippen molar-refractivity contribution < 1.29 is 0 Å². The van der Waals surface area contributed by atoms with E-state index >= 15 is 0 Å². The third-order valence-corrected chi connectivity index (χ3v) is 3.59. The molecule has 0 atom stereocenters. The average Bonchev–Trinajstić information content (AvgIpc) is 2.39. The van der Waals surface area contributed by atoms with E-state index in [9.17, 15) is 0 Å². The van der Waals surface area contributed by atoms with Crippen LogP contribution in [0.5, 0.6) is 0 Å². The number of hydrogen-bond donors (Lipinski definition) is 0. The first-order valence-corrected chi connectivity index (χ1v) is 9.18. The minimum atomic E-state index is 0.904. The largest absolute Gasteiger partial charge is 0.0654 e. The molecule has 0 amide bonds. The molecule has 118 valence electrons. The number of hydrogen-bond acceptors (Lipinski definition) is 0. The highest BCUT2D eigenvalue weighted by Gasteiger charge is 1.93. The Bertz CT molecular complexity index is 120. The van der Waals surface area contributed by atoms with Crippen molar-refractivity contribution in [2.24, 2.45) is 5.92 Å². The fourth-order valence-electron chi connectivity index (χ4n) is 2.19. The molecule has 0 bridgehead atoms. The summed E-state index contributed by atoms with van der Waals surface area (Å²) in [6, 6.07) is 0. The zero-order valence-corrected chi connectivity index (χ0v) is 14.8. The van der Waals surface area contributed by atoms with Crippen LogP contribution in [0, 0.1) is 5.92 Å². The topological polar surface area (TPSA) is 0 Å². The molecule has 0 aromatic rings. The maximum absolute atomic E-state index is 2.31. The molecule has 0 radical (unpaired) electrons. The van der Waals surface area contributed by atoms with Gasteiger partial charge in [0.25, 0.3) is 0 Å². The maximum Gasteiger partial charge on any atom is -0.0471 e. The van der Waals surface area contributed by atoms with Crippen LogP contribution < -0.4 is 0 Å². The molecular weight excluding hydrogens is 228 g/mol. The van der Waals surface area contributed by atoms with E-state index in [1.54, 1.807) is 0 Å². The molecule has 0 aliphatic carbocycles. The van der Waals surface area contributed by atoms with Crippen molar-refractivity contribution in [3.05, 3.63) is 0 Å². The molecule has 0 heteroatoms. The minimum absolute atomic E-state index is 0.904. The van der Waals surface area contributed by atoms with E-state index in [1.165, 1.54) is 83.5 Å². The van der Waals surface area contributed by atoms with Gasteiger partial charge >= 0.3 is 0 Å². The predicted octanol–water partition coefficient (Wildman–Crippen LogP) is 7.76. The zero-order chi connectivity index (χ0) is 14.8. The molecule has 0 aliphatic rings. The quantitative estimate of drug-likeness (QED) is 0.318. The summed E-state index contributed by atoms with van der Waals surface area (Å²) in [4.78, 5) is 0. The van der Waals surface area contributed by atoms with Crippen LogP contribution in [-0.2, 0) is 0 Å². The van der Waals surface area contributed by atoms with Gasteiger partial charge in [-0.15, -0.1) is 0 Å². The van der Waals surface area contributed by atoms with E-state index in [0.717, 1.165) is 5.92 Å². The highest BCUT2D eigenvalue weighted by Crippen LogP contribution is 2.10. The van der Waals surface area contributed by atoms with Crippen molar-refractivity contribution in [1.82, 2.24) is 0 Å². The van der Waals surface area contributed by atoms with E-state index in [1.807, 2.05) is 0 Å². The summed E-state index contributed by atoms with van der Waals surface area (Å²) in [5, 5.41) is 0. The first-order valence-electron chi connectivity index (χ1n) is 9.18. The van der Waals surface area contributed by atoms with Gasteiger partial charge in [0.1, 0.15) is 0 Å². The van der Waals surface area contributed by atoms with Crippen molar-refractivity contribution in [1.29, 1.82) is 0 Å². The summed E-state index contributed by atoms with van der Waals surface area (Å²) in [5.41, 5.74) is 0. The van der Waals surface area contributed by atoms with Crippen LogP contribution in [0.25, 0.3) is 0 Å². The molecule has 0 saturated carbocycles. The smallest absolute Gasteiger partial charge is 0.0471 e. The van der Waals surface area contributed by atoms with Gasteiger partial charge in [0, 0.05) is 0 Å². The van der Waals surface area contributed by atoms with Gasteiger partial charge in [0.05, 0.1) is 0 Å². The molecule has 0 aromatic carbocycles. The van der Waals surface area contributed by atoms with Crippen molar-refractivity contribution in [3.63, 3.8) is 0 Å². The van der Waals surface area contributed by atoms with Crippen LogP contribution in [0.15, 0.2) is 0 Å². The lowest BCUT2D eigenvalue weighted by Gasteiger charge is -2.03. The second-order valence-corrected chi connectivity index (χ2v) is 6.36. The van der Waals surface area contributed by atoms with Crippen LogP contribution in [0.1, 0.15) is 118 Å². The zero-order valence-electron chi connectivity index (χ0n) is 14.8. The fraction of sp³-hybridized carbons (Fsp3) is 1.00. The Morgan fingerprint density at radius 1 is 0.474 bits per heavy atom. The van der Waals surface area contributed by atoms with Gasteiger partial charge in [-0.1, -0.05) is 118 Å². The summed E-state index contributed by atoms with van der Waals surface area (Å²) in [5.74, 6) is 0.904. The summed E-state index contributed by atoms with van der Waals surface area (Å²) < 4.78 is 0. The van der Waals surface area contributed by atoms with Crippen molar-refractivity contribution in [2.45, 2.75) is 118 Å². The van der Waals surface area contributed by atoms with Gasteiger partial charge in [-0.25, -0.2) is 0 Å². The van der Waals surface area contributed by atoms with Gasteiger partial charge < -0.3 is 0 Å². The minimum Gasteiger partial charge on any atom is -0.0654 e. The lowest BCUT2D eigenvalue weighted by atomic mass is 10.0. The molecular formula is C19H42. The SMILES string of the molecule is CCCCCCCC.CCCCCCCCC(C)C. The van der Waals surface area contributed by atoms with Crippen molar-refractivity contribution >= 4 is 0 Å². The Labute approximate surface area is 124 Å². The van der Waals surface area contributed by atoms with E-state index < -0.39 is 0 Å². The molecule has 0 saturated heterocycles. The second kappa shape index (κ2) is 20.3. The molecule has 0 rings (SSSR count). The Morgan fingerprint density at radius 2 is 0.789 bits per heavy atom. The monoisotopic (exact) mass is 270 g/mol. The number of unbranched alkanes of at least 4 members (excludes halogenated alkanes) is 10. The maximum atomic E-state index is 2.31. The molecule has 0 spiro atoms. The normalized spacial score (nSPS) is 10.4. The summed E-state index contributed by atoms with van der Waals surface area (Å²) in [6.07, 6.45) is 18.5. The van der Waals surface area contributed by atoms with E-state index in [2.05, 4.69) is 34.6 Å². The molecule has 0 unspecified atom stereocenters. The first-order chi connectivity index (χ1) is 9.18. The first kappa shape index (κ1) is 21.3. The lowest BCUT2D eigenvalue weighted by Crippen LogP contribution is -1.86. The predicted molar refractivity (Wildman–Crippen MR) is 91.9 cm³/mol. The Kier molecular flexibility index (Phi) is 22.8. The van der Waals surface area contributed by atoms with Gasteiger partial charge in [0.2, 0.25) is 0 Å². The van der Waals surface area contributed by atoms with Crippen LogP contribution in [-0.4, -0.2) is 0 Å². The molecule has 0 nitrogen and oxygen atoms in total. The van der Waals surface area contributed by atoms with E-state index in [0.29, 0.717) is 0 Å². The highest BCUT2D eigenvalue weighted by molar-refractivity contribution is 4.47. The third kappa shape index (κ3) is 27.3. The average molecular weight is 271 g/mol. The van der Waals surface area contributed by atoms with Crippen LogP contribution >= 0.6 is 0 Å². The summed E-state index contributed by atoms with van der Waals surface area (Å²) >= 11 is 0. The summed E-state index contributed by atoms with van der Waals surface area (Å²) in [6.45, 7) is 11.4. The van der Waals surface area contributed by atoms with Gasteiger partial charge in [-0.2, -0.15) is 0 Å². The van der Waals surface area contributed by atoms with Crippen molar-refractivity contribution in [2.75, 3.05) is 0 Å². The lowest BCUT2D eigenvalue weighted by molar-refractivity contribution is 0.514. The van der Waals surface area contributed by atoms with Crippen LogP contribution in [0.3, 0.4) is 0 Å². The Hall–Kier alpha value is 0. The highest BCUT2D eigenvalue weighted by atomic mass is 14.0.